The van der Waals surface area contributed by atoms with Crippen molar-refractivity contribution in [2.24, 2.45) is 0 Å². The molecule has 3 heterocycles. The van der Waals surface area contributed by atoms with Crippen molar-refractivity contribution in [2.45, 2.75) is 45.2 Å². The number of rotatable bonds is 5. The van der Waals surface area contributed by atoms with E-state index in [1.165, 1.54) is 32.6 Å². The standard InChI is InChI=1S/C16H15FN6O2.C3H8/c17-11-16(4-5-16)22-8-7-21(14(24)15(22)25)9-12-10-23(20-19-12)13-3-1-2-6-18-13;1-3-2/h1-3,6-8,10H,4-5,9,11H2;3H2,1-2H3. The molecule has 0 aliphatic heterocycles. The third-order valence-corrected chi connectivity index (χ3v) is 4.40. The zero-order valence-corrected chi connectivity index (χ0v) is 16.0. The fourth-order valence-electron chi connectivity index (χ4n) is 2.74. The lowest BCUT2D eigenvalue weighted by Crippen LogP contribution is -2.45. The summed E-state index contributed by atoms with van der Waals surface area (Å²) in [6.07, 6.45) is 8.64. The van der Waals surface area contributed by atoms with E-state index >= 15 is 0 Å². The van der Waals surface area contributed by atoms with E-state index in [9.17, 15) is 14.0 Å². The summed E-state index contributed by atoms with van der Waals surface area (Å²) in [5, 5.41) is 7.97. The van der Waals surface area contributed by atoms with Crippen LogP contribution >= 0.6 is 0 Å². The number of aromatic nitrogens is 6. The molecular formula is C19H23FN6O2. The summed E-state index contributed by atoms with van der Waals surface area (Å²) >= 11 is 0. The van der Waals surface area contributed by atoms with Gasteiger partial charge in [-0.2, -0.15) is 0 Å². The maximum atomic E-state index is 13.1. The molecule has 0 spiro atoms. The van der Waals surface area contributed by atoms with Gasteiger partial charge in [0.25, 0.3) is 0 Å². The largest absolute Gasteiger partial charge is 0.317 e. The minimum atomic E-state index is -0.822. The van der Waals surface area contributed by atoms with Crippen molar-refractivity contribution in [3.63, 3.8) is 0 Å². The molecule has 1 aliphatic rings. The fraction of sp³-hybridized carbons (Fsp3) is 0.421. The molecule has 1 aliphatic carbocycles. The van der Waals surface area contributed by atoms with Gasteiger partial charge in [-0.25, -0.2) is 14.1 Å². The number of nitrogens with zero attached hydrogens (tertiary/aromatic N) is 6. The van der Waals surface area contributed by atoms with Crippen LogP contribution in [0, 0.1) is 0 Å². The van der Waals surface area contributed by atoms with Crippen LogP contribution < -0.4 is 11.1 Å². The monoisotopic (exact) mass is 386 g/mol. The fourth-order valence-corrected chi connectivity index (χ4v) is 2.74. The molecule has 28 heavy (non-hydrogen) atoms. The van der Waals surface area contributed by atoms with Gasteiger partial charge in [0.15, 0.2) is 5.82 Å². The van der Waals surface area contributed by atoms with Crippen LogP contribution in [0.15, 0.2) is 52.6 Å². The van der Waals surface area contributed by atoms with Gasteiger partial charge < -0.3 is 9.13 Å². The Morgan fingerprint density at radius 2 is 1.89 bits per heavy atom. The summed E-state index contributed by atoms with van der Waals surface area (Å²) in [5.41, 5.74) is -1.72. The van der Waals surface area contributed by atoms with E-state index < -0.39 is 23.3 Å². The van der Waals surface area contributed by atoms with Crippen molar-refractivity contribution in [3.05, 3.63) is 69.4 Å². The Morgan fingerprint density at radius 3 is 2.50 bits per heavy atom. The topological polar surface area (TPSA) is 87.6 Å². The third kappa shape index (κ3) is 3.92. The van der Waals surface area contributed by atoms with Crippen molar-refractivity contribution < 1.29 is 4.39 Å². The molecule has 0 N–H and O–H groups in total. The number of hydrogen-bond donors (Lipinski definition) is 0. The smallest absolute Gasteiger partial charge is 0.303 e. The Bertz CT molecular complexity index is 1040. The van der Waals surface area contributed by atoms with Crippen molar-refractivity contribution in [1.82, 2.24) is 29.1 Å². The maximum absolute atomic E-state index is 13.1. The minimum absolute atomic E-state index is 0.102. The Kier molecular flexibility index (Phi) is 5.81. The van der Waals surface area contributed by atoms with Crippen molar-refractivity contribution >= 4 is 0 Å². The molecule has 0 unspecified atom stereocenters. The predicted molar refractivity (Wildman–Crippen MR) is 102 cm³/mol. The lowest BCUT2D eigenvalue weighted by atomic mass is 10.3. The lowest BCUT2D eigenvalue weighted by Gasteiger charge is -2.15. The van der Waals surface area contributed by atoms with E-state index in [-0.39, 0.29) is 6.54 Å². The molecule has 1 fully saturated rings. The SMILES string of the molecule is CCC.O=c1c(=O)n(C2(CF)CC2)ccn1Cc1cn(-c2ccccn2)nn1. The summed E-state index contributed by atoms with van der Waals surface area (Å²) in [7, 11) is 0. The minimum Gasteiger partial charge on any atom is -0.303 e. The Morgan fingerprint density at radius 1 is 1.14 bits per heavy atom. The summed E-state index contributed by atoms with van der Waals surface area (Å²) in [6.45, 7) is 3.71. The predicted octanol–water partition coefficient (Wildman–Crippen LogP) is 1.91. The normalized spacial score (nSPS) is 14.2. The van der Waals surface area contributed by atoms with Gasteiger partial charge in [-0.05, 0) is 25.0 Å². The van der Waals surface area contributed by atoms with Gasteiger partial charge in [-0.1, -0.05) is 31.5 Å². The number of alkyl halides is 1. The van der Waals surface area contributed by atoms with Gasteiger partial charge in [0.1, 0.15) is 12.4 Å². The molecule has 0 saturated heterocycles. The highest BCUT2D eigenvalue weighted by molar-refractivity contribution is 5.20. The molecule has 0 radical (unpaired) electrons. The molecule has 0 atom stereocenters. The second-order valence-corrected chi connectivity index (χ2v) is 6.81. The Balaban J connectivity index is 0.000000706. The second-order valence-electron chi connectivity index (χ2n) is 6.81. The van der Waals surface area contributed by atoms with Gasteiger partial charge in [0.2, 0.25) is 0 Å². The van der Waals surface area contributed by atoms with Crippen LogP contribution in [0.5, 0.6) is 0 Å². The van der Waals surface area contributed by atoms with Crippen LogP contribution in [0.3, 0.4) is 0 Å². The van der Waals surface area contributed by atoms with Crippen LogP contribution in [0.4, 0.5) is 4.39 Å². The van der Waals surface area contributed by atoms with E-state index in [1.807, 2.05) is 6.07 Å². The maximum Gasteiger partial charge on any atom is 0.317 e. The van der Waals surface area contributed by atoms with Crippen LogP contribution in [0.1, 0.15) is 38.8 Å². The van der Waals surface area contributed by atoms with Crippen LogP contribution in [-0.4, -0.2) is 35.8 Å². The van der Waals surface area contributed by atoms with Crippen LogP contribution in [-0.2, 0) is 12.1 Å². The van der Waals surface area contributed by atoms with Gasteiger partial charge in [-0.3, -0.25) is 9.59 Å². The average Bonchev–Trinajstić information content (AvgIpc) is 3.37. The molecule has 0 bridgehead atoms. The molecule has 0 aromatic carbocycles. The van der Waals surface area contributed by atoms with Crippen molar-refractivity contribution in [1.29, 1.82) is 0 Å². The first kappa shape index (κ1) is 19.7. The molecule has 4 rings (SSSR count). The summed E-state index contributed by atoms with van der Waals surface area (Å²) in [6, 6.07) is 5.39. The average molecular weight is 386 g/mol. The van der Waals surface area contributed by atoms with Crippen molar-refractivity contribution in [3.8, 4) is 5.82 Å². The Hall–Kier alpha value is -3.10. The summed E-state index contributed by atoms with van der Waals surface area (Å²) in [5.74, 6) is 0.600. The van der Waals surface area contributed by atoms with E-state index in [0.29, 0.717) is 24.4 Å². The zero-order chi connectivity index (χ0) is 20.1. The van der Waals surface area contributed by atoms with Gasteiger partial charge in [0, 0.05) is 18.6 Å². The van der Waals surface area contributed by atoms with Crippen LogP contribution in [0.2, 0.25) is 0 Å². The first-order valence-corrected chi connectivity index (χ1v) is 9.26. The van der Waals surface area contributed by atoms with Crippen molar-refractivity contribution in [2.75, 3.05) is 6.67 Å². The molecule has 8 nitrogen and oxygen atoms in total. The van der Waals surface area contributed by atoms with E-state index in [2.05, 4.69) is 29.1 Å². The quantitative estimate of drug-likeness (QED) is 0.625. The lowest BCUT2D eigenvalue weighted by molar-refractivity contribution is 0.326. The Labute approximate surface area is 161 Å². The number of halogens is 1. The zero-order valence-electron chi connectivity index (χ0n) is 16.0. The van der Waals surface area contributed by atoms with Gasteiger partial charge in [0.05, 0.1) is 18.3 Å². The van der Waals surface area contributed by atoms with Gasteiger partial charge in [-0.15, -0.1) is 5.10 Å². The summed E-state index contributed by atoms with van der Waals surface area (Å²) in [4.78, 5) is 28.7. The highest BCUT2D eigenvalue weighted by Gasteiger charge is 2.45. The highest BCUT2D eigenvalue weighted by atomic mass is 19.1. The van der Waals surface area contributed by atoms with Gasteiger partial charge >= 0.3 is 11.1 Å². The third-order valence-electron chi connectivity index (χ3n) is 4.40. The van der Waals surface area contributed by atoms with Crippen LogP contribution in [0.25, 0.3) is 5.82 Å². The molecule has 148 valence electrons. The number of pyridine rings is 1. The van der Waals surface area contributed by atoms with E-state index in [1.54, 1.807) is 24.5 Å². The molecule has 0 amide bonds. The molecular weight excluding hydrogens is 363 g/mol. The molecule has 1 saturated carbocycles. The first-order valence-electron chi connectivity index (χ1n) is 9.26. The second kappa shape index (κ2) is 8.28. The summed E-state index contributed by atoms with van der Waals surface area (Å²) < 4.78 is 17.1. The molecule has 9 heteroatoms. The molecule has 3 aromatic heterocycles. The number of hydrogen-bond acceptors (Lipinski definition) is 5. The van der Waals surface area contributed by atoms with E-state index in [4.69, 9.17) is 0 Å². The molecule has 3 aromatic rings. The first-order chi connectivity index (χ1) is 13.5. The van der Waals surface area contributed by atoms with E-state index in [0.717, 1.165) is 0 Å². The highest BCUT2D eigenvalue weighted by Crippen LogP contribution is 2.42.